The third-order valence-electron chi connectivity index (χ3n) is 5.68. The Balaban J connectivity index is 1.51. The number of H-pyrrole nitrogens is 1. The molecule has 2 unspecified atom stereocenters. The quantitative estimate of drug-likeness (QED) is 0.221. The molecule has 0 aliphatic carbocycles. The topological polar surface area (TPSA) is 126 Å². The molecule has 0 spiro atoms. The van der Waals surface area contributed by atoms with Gasteiger partial charge in [-0.2, -0.15) is 0 Å². The summed E-state index contributed by atoms with van der Waals surface area (Å²) >= 11 is 0. The minimum atomic E-state index is -0.500. The van der Waals surface area contributed by atoms with Crippen molar-refractivity contribution in [2.45, 2.75) is 32.4 Å². The van der Waals surface area contributed by atoms with E-state index in [2.05, 4.69) is 25.6 Å². The first-order valence-electron chi connectivity index (χ1n) is 11.3. The van der Waals surface area contributed by atoms with E-state index in [4.69, 9.17) is 0 Å². The molecular formula is C26H26N6O3. The zero-order valence-corrected chi connectivity index (χ0v) is 19.4. The van der Waals surface area contributed by atoms with Gasteiger partial charge in [-0.05, 0) is 43.2 Å². The van der Waals surface area contributed by atoms with E-state index in [1.54, 1.807) is 30.6 Å². The van der Waals surface area contributed by atoms with Crippen LogP contribution in [0.3, 0.4) is 0 Å². The number of imidazole rings is 1. The Hall–Kier alpha value is -4.53. The summed E-state index contributed by atoms with van der Waals surface area (Å²) in [5.74, 6) is 0.207. The lowest BCUT2D eigenvalue weighted by Gasteiger charge is -2.17. The van der Waals surface area contributed by atoms with Crippen molar-refractivity contribution in [1.82, 2.24) is 20.3 Å². The summed E-state index contributed by atoms with van der Waals surface area (Å²) in [6.07, 6.45) is 3.99. The van der Waals surface area contributed by atoms with Crippen LogP contribution in [0.25, 0.3) is 11.3 Å². The summed E-state index contributed by atoms with van der Waals surface area (Å²) in [5, 5.41) is 17.8. The summed E-state index contributed by atoms with van der Waals surface area (Å²) in [6, 6.07) is 19.0. The molecule has 2 heterocycles. The van der Waals surface area contributed by atoms with Gasteiger partial charge in [0.1, 0.15) is 11.5 Å². The zero-order valence-electron chi connectivity index (χ0n) is 19.4. The Bertz CT molecular complexity index is 1310. The molecule has 178 valence electrons. The summed E-state index contributed by atoms with van der Waals surface area (Å²) in [7, 11) is 0. The summed E-state index contributed by atoms with van der Waals surface area (Å²) in [5.41, 5.74) is 2.92. The van der Waals surface area contributed by atoms with Crippen LogP contribution in [0.1, 0.15) is 54.2 Å². The second-order valence-electron chi connectivity index (χ2n) is 8.09. The number of amides is 1. The van der Waals surface area contributed by atoms with Gasteiger partial charge in [0, 0.05) is 17.8 Å². The number of benzene rings is 2. The molecule has 0 aliphatic rings. The van der Waals surface area contributed by atoms with Crippen molar-refractivity contribution < 1.29 is 9.72 Å². The maximum Gasteiger partial charge on any atom is 0.293 e. The number of nitro benzene ring substituents is 1. The highest BCUT2D eigenvalue weighted by atomic mass is 16.6. The first-order chi connectivity index (χ1) is 17.0. The number of carbonyl (C=O) groups excluding carboxylic acids is 1. The Morgan fingerprint density at radius 2 is 1.86 bits per heavy atom. The molecule has 0 saturated heterocycles. The molecule has 2 aromatic carbocycles. The molecule has 9 heteroatoms. The van der Waals surface area contributed by atoms with E-state index < -0.39 is 10.8 Å². The number of aromatic amines is 1. The molecule has 0 saturated carbocycles. The summed E-state index contributed by atoms with van der Waals surface area (Å²) < 4.78 is 0. The predicted octanol–water partition coefficient (Wildman–Crippen LogP) is 5.43. The van der Waals surface area contributed by atoms with Crippen molar-refractivity contribution in [2.24, 2.45) is 0 Å². The van der Waals surface area contributed by atoms with Gasteiger partial charge in [0.05, 0.1) is 34.6 Å². The second kappa shape index (κ2) is 10.6. The van der Waals surface area contributed by atoms with E-state index in [0.29, 0.717) is 17.9 Å². The van der Waals surface area contributed by atoms with Crippen molar-refractivity contribution >= 4 is 17.3 Å². The number of aromatic nitrogens is 3. The van der Waals surface area contributed by atoms with Gasteiger partial charge in [0.2, 0.25) is 0 Å². The molecule has 9 nitrogen and oxygen atoms in total. The highest BCUT2D eigenvalue weighted by molar-refractivity contribution is 5.96. The molecule has 4 rings (SSSR count). The van der Waals surface area contributed by atoms with Crippen LogP contribution in [0.15, 0.2) is 79.1 Å². The Kier molecular flexibility index (Phi) is 7.15. The monoisotopic (exact) mass is 470 g/mol. The van der Waals surface area contributed by atoms with Crippen LogP contribution < -0.4 is 10.6 Å². The fourth-order valence-electron chi connectivity index (χ4n) is 3.77. The normalized spacial score (nSPS) is 12.5. The number of nitro groups is 1. The first kappa shape index (κ1) is 23.6. The van der Waals surface area contributed by atoms with Gasteiger partial charge in [0.25, 0.3) is 11.6 Å². The number of rotatable bonds is 9. The van der Waals surface area contributed by atoms with Crippen molar-refractivity contribution in [3.8, 4) is 11.3 Å². The second-order valence-corrected chi connectivity index (χ2v) is 8.09. The highest BCUT2D eigenvalue weighted by Gasteiger charge is 2.22. The van der Waals surface area contributed by atoms with Crippen LogP contribution in [0.5, 0.6) is 0 Å². The largest absolute Gasteiger partial charge is 0.371 e. The van der Waals surface area contributed by atoms with Crippen molar-refractivity contribution in [3.63, 3.8) is 0 Å². The first-order valence-corrected chi connectivity index (χ1v) is 11.3. The number of carbonyl (C=O) groups is 1. The Morgan fingerprint density at radius 3 is 2.54 bits per heavy atom. The fraction of sp³-hybridized carbons (Fsp3) is 0.192. The van der Waals surface area contributed by atoms with E-state index in [-0.39, 0.29) is 23.3 Å². The number of anilines is 1. The average Bonchev–Trinajstić information content (AvgIpc) is 3.38. The standard InChI is InChI=1S/C26H26N6O3/c1-3-20(25-28-16-23(30-25)18-9-5-4-6-10-18)31-26(33)19-12-13-22(24(15-19)32(34)35)29-17(2)21-11-7-8-14-27-21/h4-17,20,29H,3H2,1-2H3,(H,28,30)(H,31,33). The minimum absolute atomic E-state index is 0.183. The average molecular weight is 471 g/mol. The van der Waals surface area contributed by atoms with Crippen molar-refractivity contribution in [1.29, 1.82) is 0 Å². The van der Waals surface area contributed by atoms with Gasteiger partial charge < -0.3 is 15.6 Å². The van der Waals surface area contributed by atoms with Crippen molar-refractivity contribution in [3.05, 3.63) is 106 Å². The number of pyridine rings is 1. The van der Waals surface area contributed by atoms with E-state index in [0.717, 1.165) is 17.0 Å². The Labute approximate surface area is 202 Å². The van der Waals surface area contributed by atoms with Crippen LogP contribution in [0.4, 0.5) is 11.4 Å². The number of nitrogens with zero attached hydrogens (tertiary/aromatic N) is 3. The van der Waals surface area contributed by atoms with Crippen LogP contribution in [0, 0.1) is 10.1 Å². The van der Waals surface area contributed by atoms with E-state index in [1.165, 1.54) is 6.07 Å². The molecule has 0 fully saturated rings. The molecule has 2 aromatic heterocycles. The molecule has 0 aliphatic heterocycles. The van der Waals surface area contributed by atoms with Gasteiger partial charge in [-0.1, -0.05) is 43.3 Å². The molecule has 0 bridgehead atoms. The van der Waals surface area contributed by atoms with E-state index in [9.17, 15) is 14.9 Å². The van der Waals surface area contributed by atoms with Crippen LogP contribution in [0.2, 0.25) is 0 Å². The lowest BCUT2D eigenvalue weighted by molar-refractivity contribution is -0.384. The Morgan fingerprint density at radius 1 is 1.09 bits per heavy atom. The predicted molar refractivity (Wildman–Crippen MR) is 134 cm³/mol. The highest BCUT2D eigenvalue weighted by Crippen LogP contribution is 2.29. The van der Waals surface area contributed by atoms with Gasteiger partial charge in [-0.25, -0.2) is 4.98 Å². The fourth-order valence-corrected chi connectivity index (χ4v) is 3.77. The number of hydrogen-bond donors (Lipinski definition) is 3. The molecular weight excluding hydrogens is 444 g/mol. The van der Waals surface area contributed by atoms with Crippen molar-refractivity contribution in [2.75, 3.05) is 5.32 Å². The number of hydrogen-bond acceptors (Lipinski definition) is 6. The zero-order chi connectivity index (χ0) is 24.8. The van der Waals surface area contributed by atoms with Gasteiger partial charge in [-0.15, -0.1) is 0 Å². The summed E-state index contributed by atoms with van der Waals surface area (Å²) in [6.45, 7) is 3.80. The molecule has 1 amide bonds. The molecule has 3 N–H and O–H groups in total. The molecule has 4 aromatic rings. The van der Waals surface area contributed by atoms with E-state index >= 15 is 0 Å². The maximum absolute atomic E-state index is 13.0. The molecule has 0 radical (unpaired) electrons. The minimum Gasteiger partial charge on any atom is -0.371 e. The third kappa shape index (κ3) is 5.52. The maximum atomic E-state index is 13.0. The lowest BCUT2D eigenvalue weighted by Crippen LogP contribution is -2.29. The lowest BCUT2D eigenvalue weighted by atomic mass is 10.1. The SMILES string of the molecule is CCC(NC(=O)c1ccc(NC(C)c2ccccn2)c([N+](=O)[O-])c1)c1ncc(-c2ccccc2)[nH]1. The molecule has 2 atom stereocenters. The molecule has 35 heavy (non-hydrogen) atoms. The van der Waals surface area contributed by atoms with Gasteiger partial charge >= 0.3 is 0 Å². The van der Waals surface area contributed by atoms with E-state index in [1.807, 2.05) is 56.3 Å². The number of nitrogens with one attached hydrogen (secondary N) is 3. The smallest absolute Gasteiger partial charge is 0.293 e. The summed E-state index contributed by atoms with van der Waals surface area (Å²) in [4.78, 5) is 36.2. The van der Waals surface area contributed by atoms with Crippen LogP contribution in [-0.2, 0) is 0 Å². The van der Waals surface area contributed by atoms with Gasteiger partial charge in [0.15, 0.2) is 0 Å². The van der Waals surface area contributed by atoms with Crippen LogP contribution >= 0.6 is 0 Å². The third-order valence-corrected chi connectivity index (χ3v) is 5.68. The van der Waals surface area contributed by atoms with Crippen LogP contribution in [-0.4, -0.2) is 25.8 Å². The van der Waals surface area contributed by atoms with Gasteiger partial charge in [-0.3, -0.25) is 19.9 Å².